The van der Waals surface area contributed by atoms with Crippen molar-refractivity contribution >= 4 is 6.09 Å². The summed E-state index contributed by atoms with van der Waals surface area (Å²) in [5.74, 6) is 0. The summed E-state index contributed by atoms with van der Waals surface area (Å²) in [6, 6.07) is 9.80. The van der Waals surface area contributed by atoms with Crippen molar-refractivity contribution < 1.29 is 14.3 Å². The molecule has 0 aromatic heterocycles. The van der Waals surface area contributed by atoms with Crippen LogP contribution in [0.5, 0.6) is 0 Å². The second-order valence-corrected chi connectivity index (χ2v) is 4.97. The number of hydrogen-bond donors (Lipinski definition) is 1. The largest absolute Gasteiger partial charge is 0.445 e. The summed E-state index contributed by atoms with van der Waals surface area (Å²) in [6.45, 7) is 2.35. The van der Waals surface area contributed by atoms with Gasteiger partial charge in [0.2, 0.25) is 0 Å². The molecular formula is C14H19NO3. The average molecular weight is 249 g/mol. The maximum atomic E-state index is 11.5. The Labute approximate surface area is 107 Å². The first-order valence-electron chi connectivity index (χ1n) is 6.14. The highest BCUT2D eigenvalue weighted by Crippen LogP contribution is 2.34. The number of rotatable bonds is 4. The molecule has 1 aliphatic rings. The first-order chi connectivity index (χ1) is 8.61. The summed E-state index contributed by atoms with van der Waals surface area (Å²) in [6.07, 6.45) is 1.32. The molecule has 1 aliphatic carbocycles. The third-order valence-corrected chi connectivity index (χ3v) is 3.38. The Hall–Kier alpha value is -1.55. The molecule has 2 rings (SSSR count). The van der Waals surface area contributed by atoms with Crippen LogP contribution in [0.1, 0.15) is 25.3 Å². The van der Waals surface area contributed by atoms with Gasteiger partial charge in [0.25, 0.3) is 0 Å². The highest BCUT2D eigenvalue weighted by Gasteiger charge is 2.41. The summed E-state index contributed by atoms with van der Waals surface area (Å²) >= 11 is 0. The molecule has 0 spiro atoms. The zero-order valence-electron chi connectivity index (χ0n) is 10.8. The van der Waals surface area contributed by atoms with E-state index in [0.29, 0.717) is 6.61 Å². The minimum atomic E-state index is -0.359. The van der Waals surface area contributed by atoms with E-state index in [1.807, 2.05) is 37.3 Å². The monoisotopic (exact) mass is 249 g/mol. The van der Waals surface area contributed by atoms with Crippen molar-refractivity contribution in [2.75, 3.05) is 7.11 Å². The van der Waals surface area contributed by atoms with Gasteiger partial charge in [0.15, 0.2) is 0 Å². The lowest BCUT2D eigenvalue weighted by molar-refractivity contribution is -0.0737. The van der Waals surface area contributed by atoms with Crippen LogP contribution in [0.2, 0.25) is 0 Å². The zero-order valence-corrected chi connectivity index (χ0v) is 10.8. The molecule has 4 heteroatoms. The molecule has 0 saturated heterocycles. The Morgan fingerprint density at radius 2 is 2.06 bits per heavy atom. The van der Waals surface area contributed by atoms with Gasteiger partial charge in [0.05, 0.1) is 5.60 Å². The minimum absolute atomic E-state index is 0.0859. The van der Waals surface area contributed by atoms with Crippen molar-refractivity contribution in [2.24, 2.45) is 0 Å². The number of carbonyl (C=O) groups excluding carboxylic acids is 1. The maximum absolute atomic E-state index is 11.5. The summed E-state index contributed by atoms with van der Waals surface area (Å²) in [7, 11) is 1.70. The van der Waals surface area contributed by atoms with E-state index in [0.717, 1.165) is 18.4 Å². The molecule has 1 aromatic carbocycles. The van der Waals surface area contributed by atoms with Crippen LogP contribution in [0.25, 0.3) is 0 Å². The number of nitrogens with one attached hydrogen (secondary N) is 1. The Kier molecular flexibility index (Phi) is 3.87. The summed E-state index contributed by atoms with van der Waals surface area (Å²) in [4.78, 5) is 11.5. The topological polar surface area (TPSA) is 47.6 Å². The predicted octanol–water partition coefficient (Wildman–Crippen LogP) is 2.48. The highest BCUT2D eigenvalue weighted by molar-refractivity contribution is 5.67. The van der Waals surface area contributed by atoms with E-state index < -0.39 is 0 Å². The van der Waals surface area contributed by atoms with Crippen molar-refractivity contribution in [1.29, 1.82) is 0 Å². The van der Waals surface area contributed by atoms with Gasteiger partial charge in [-0.2, -0.15) is 0 Å². The van der Waals surface area contributed by atoms with Crippen LogP contribution in [0.4, 0.5) is 4.79 Å². The average Bonchev–Trinajstić information content (AvgIpc) is 2.35. The molecule has 1 fully saturated rings. The van der Waals surface area contributed by atoms with Crippen LogP contribution in [0.3, 0.4) is 0 Å². The lowest BCUT2D eigenvalue weighted by Gasteiger charge is -2.43. The lowest BCUT2D eigenvalue weighted by atomic mass is 9.77. The fourth-order valence-corrected chi connectivity index (χ4v) is 2.18. The maximum Gasteiger partial charge on any atom is 0.407 e. The summed E-state index contributed by atoms with van der Waals surface area (Å²) in [5.41, 5.74) is 0.903. The number of hydrogen-bond acceptors (Lipinski definition) is 3. The first-order valence-corrected chi connectivity index (χ1v) is 6.14. The lowest BCUT2D eigenvalue weighted by Crippen LogP contribution is -2.54. The molecule has 98 valence electrons. The van der Waals surface area contributed by atoms with Gasteiger partial charge in [-0.15, -0.1) is 0 Å². The molecule has 0 radical (unpaired) electrons. The van der Waals surface area contributed by atoms with Crippen LogP contribution in [-0.4, -0.2) is 24.8 Å². The standard InChI is InChI=1S/C14H19NO3/c1-14(17-2)8-12(9-14)15-13(16)18-10-11-6-4-3-5-7-11/h3-7,12H,8-10H2,1-2H3,(H,15,16). The molecule has 0 unspecified atom stereocenters. The molecule has 0 bridgehead atoms. The van der Waals surface area contributed by atoms with Gasteiger partial charge < -0.3 is 14.8 Å². The molecule has 0 heterocycles. The molecular weight excluding hydrogens is 230 g/mol. The SMILES string of the molecule is COC1(C)CC(NC(=O)OCc2ccccc2)C1. The normalized spacial score (nSPS) is 26.2. The van der Waals surface area contributed by atoms with Crippen molar-refractivity contribution in [3.05, 3.63) is 35.9 Å². The molecule has 1 aromatic rings. The van der Waals surface area contributed by atoms with Crippen LogP contribution in [0, 0.1) is 0 Å². The molecule has 0 aliphatic heterocycles. The minimum Gasteiger partial charge on any atom is -0.445 e. The van der Waals surface area contributed by atoms with E-state index in [1.165, 1.54) is 0 Å². The van der Waals surface area contributed by atoms with Crippen LogP contribution >= 0.6 is 0 Å². The van der Waals surface area contributed by atoms with Crippen LogP contribution in [0.15, 0.2) is 30.3 Å². The Bertz CT molecular complexity index is 399. The smallest absolute Gasteiger partial charge is 0.407 e. The van der Waals surface area contributed by atoms with Gasteiger partial charge >= 0.3 is 6.09 Å². The molecule has 0 atom stereocenters. The Balaban J connectivity index is 1.68. The first kappa shape index (κ1) is 12.9. The van der Waals surface area contributed by atoms with Gasteiger partial charge in [-0.3, -0.25) is 0 Å². The quantitative estimate of drug-likeness (QED) is 0.891. The third-order valence-electron chi connectivity index (χ3n) is 3.38. The highest BCUT2D eigenvalue weighted by atomic mass is 16.5. The van der Waals surface area contributed by atoms with Crippen molar-refractivity contribution in [3.8, 4) is 0 Å². The summed E-state index contributed by atoms with van der Waals surface area (Å²) in [5, 5.41) is 2.83. The van der Waals surface area contributed by atoms with Crippen molar-refractivity contribution in [3.63, 3.8) is 0 Å². The summed E-state index contributed by atoms with van der Waals surface area (Å²) < 4.78 is 10.5. The molecule has 18 heavy (non-hydrogen) atoms. The fraction of sp³-hybridized carbons (Fsp3) is 0.500. The van der Waals surface area contributed by atoms with Crippen LogP contribution in [-0.2, 0) is 16.1 Å². The Morgan fingerprint density at radius 3 is 2.67 bits per heavy atom. The number of carbonyl (C=O) groups is 1. The van der Waals surface area contributed by atoms with Gasteiger partial charge in [0.1, 0.15) is 6.61 Å². The molecule has 4 nitrogen and oxygen atoms in total. The molecule has 1 N–H and O–H groups in total. The third kappa shape index (κ3) is 3.23. The second-order valence-electron chi connectivity index (χ2n) is 4.97. The number of benzene rings is 1. The Morgan fingerprint density at radius 1 is 1.39 bits per heavy atom. The van der Waals surface area contributed by atoms with E-state index in [-0.39, 0.29) is 17.7 Å². The van der Waals surface area contributed by atoms with Gasteiger partial charge in [0, 0.05) is 13.2 Å². The van der Waals surface area contributed by atoms with Gasteiger partial charge in [-0.25, -0.2) is 4.79 Å². The van der Waals surface area contributed by atoms with E-state index in [4.69, 9.17) is 9.47 Å². The predicted molar refractivity (Wildman–Crippen MR) is 68.2 cm³/mol. The number of ether oxygens (including phenoxy) is 2. The fourth-order valence-electron chi connectivity index (χ4n) is 2.18. The number of methoxy groups -OCH3 is 1. The van der Waals surface area contributed by atoms with E-state index in [9.17, 15) is 4.79 Å². The van der Waals surface area contributed by atoms with Crippen molar-refractivity contribution in [2.45, 2.75) is 38.0 Å². The second kappa shape index (κ2) is 5.40. The van der Waals surface area contributed by atoms with E-state index in [2.05, 4.69) is 5.32 Å². The molecule has 1 amide bonds. The zero-order chi connectivity index (χ0) is 13.0. The van der Waals surface area contributed by atoms with Crippen molar-refractivity contribution in [1.82, 2.24) is 5.32 Å². The number of amides is 1. The molecule has 1 saturated carbocycles. The van der Waals surface area contributed by atoms with Gasteiger partial charge in [-0.1, -0.05) is 30.3 Å². The van der Waals surface area contributed by atoms with E-state index in [1.54, 1.807) is 7.11 Å². The van der Waals surface area contributed by atoms with Crippen LogP contribution < -0.4 is 5.32 Å². The van der Waals surface area contributed by atoms with Gasteiger partial charge in [-0.05, 0) is 25.3 Å². The van der Waals surface area contributed by atoms with E-state index >= 15 is 0 Å². The number of alkyl carbamates (subject to hydrolysis) is 1.